The van der Waals surface area contributed by atoms with Crippen LogP contribution >= 0.6 is 0 Å². The van der Waals surface area contributed by atoms with Crippen LogP contribution in [-0.2, 0) is 28.6 Å². The Morgan fingerprint density at radius 1 is 0.278 bits per heavy atom. The molecule has 0 aromatic rings. The van der Waals surface area contributed by atoms with Crippen LogP contribution in [0.4, 0.5) is 0 Å². The van der Waals surface area contributed by atoms with Gasteiger partial charge >= 0.3 is 17.9 Å². The molecule has 0 fully saturated rings. The Morgan fingerprint density at radius 2 is 0.544 bits per heavy atom. The van der Waals surface area contributed by atoms with Gasteiger partial charge in [0.25, 0.3) is 0 Å². The standard InChI is InChI=1S/C73H124O6/c1-4-7-10-13-16-19-22-25-28-30-31-32-33-34-35-36-37-38-39-40-41-43-45-48-51-54-57-60-63-66-72(75)78-69-70(68-77-71(74)65-62-59-56-53-50-47-44-27-24-21-18-15-12-9-6-3)79-73(76)67-64-61-58-55-52-49-46-42-29-26-23-20-17-14-11-8-5-2/h7,9-10,12,16,18-19,21,25,27-28,31-32,44,50,53,59,62,70H,4-6,8,11,13-15,17,20,22-24,26,29-30,33-43,45-49,51-52,54-58,60-61,63-69H2,1-3H3/b10-7-,12-9-,19-16-,21-18-,28-25-,32-31-,44-27-,53-50-,62-59-. The molecular weight excluding hydrogens is 973 g/mol. The topological polar surface area (TPSA) is 78.9 Å². The van der Waals surface area contributed by atoms with Crippen molar-refractivity contribution in [1.82, 2.24) is 0 Å². The Balaban J connectivity index is 4.31. The molecule has 0 spiro atoms. The van der Waals surface area contributed by atoms with Gasteiger partial charge in [-0.25, -0.2) is 0 Å². The number of hydrogen-bond donors (Lipinski definition) is 0. The smallest absolute Gasteiger partial charge is 0.309 e. The Morgan fingerprint density at radius 3 is 0.886 bits per heavy atom. The van der Waals surface area contributed by atoms with Crippen molar-refractivity contribution < 1.29 is 28.6 Å². The molecular formula is C73H124O6. The molecule has 0 aromatic heterocycles. The Labute approximate surface area is 489 Å². The summed E-state index contributed by atoms with van der Waals surface area (Å²) in [5.74, 6) is -1.03. The van der Waals surface area contributed by atoms with Gasteiger partial charge in [-0.15, -0.1) is 0 Å². The molecule has 0 amide bonds. The lowest BCUT2D eigenvalue weighted by Crippen LogP contribution is -2.30. The van der Waals surface area contributed by atoms with Crippen LogP contribution in [-0.4, -0.2) is 37.2 Å². The van der Waals surface area contributed by atoms with Gasteiger partial charge in [-0.05, 0) is 83.5 Å². The number of ether oxygens (including phenoxy) is 3. The highest BCUT2D eigenvalue weighted by atomic mass is 16.6. The fraction of sp³-hybridized carbons (Fsp3) is 0.712. The molecule has 0 rings (SSSR count). The van der Waals surface area contributed by atoms with Crippen molar-refractivity contribution in [1.29, 1.82) is 0 Å². The second-order valence-corrected chi connectivity index (χ2v) is 22.0. The summed E-state index contributed by atoms with van der Waals surface area (Å²) >= 11 is 0. The van der Waals surface area contributed by atoms with E-state index in [1.807, 2.05) is 6.08 Å². The lowest BCUT2D eigenvalue weighted by Gasteiger charge is -2.18. The average molecular weight is 1100 g/mol. The van der Waals surface area contributed by atoms with Crippen molar-refractivity contribution in [2.45, 2.75) is 322 Å². The minimum atomic E-state index is -0.817. The quantitative estimate of drug-likeness (QED) is 0.0261. The number of carbonyl (C=O) groups excluding carboxylic acids is 3. The van der Waals surface area contributed by atoms with E-state index in [0.29, 0.717) is 12.8 Å². The van der Waals surface area contributed by atoms with Crippen LogP contribution < -0.4 is 0 Å². The van der Waals surface area contributed by atoms with Gasteiger partial charge in [-0.1, -0.05) is 323 Å². The molecule has 6 nitrogen and oxygen atoms in total. The van der Waals surface area contributed by atoms with Gasteiger partial charge in [-0.3, -0.25) is 14.4 Å². The Kier molecular flexibility index (Phi) is 63.3. The summed E-state index contributed by atoms with van der Waals surface area (Å²) in [6.07, 6.45) is 91.4. The van der Waals surface area contributed by atoms with Crippen molar-refractivity contribution in [3.8, 4) is 0 Å². The molecule has 0 bridgehead atoms. The average Bonchev–Trinajstić information content (AvgIpc) is 3.45. The number of rotatable bonds is 60. The predicted molar refractivity (Wildman–Crippen MR) is 343 cm³/mol. The van der Waals surface area contributed by atoms with Crippen molar-refractivity contribution in [3.63, 3.8) is 0 Å². The normalized spacial score (nSPS) is 12.8. The SMILES string of the molecule is CC/C=C\C/C=C\C/C=C\C/C=C\C/C=C\CC(=O)OCC(COC(=O)CCCCCCCCCCCCCCCCCC/C=C\C/C=C\C/C=C\C/C=C\CC)OC(=O)CCCCCCCCCCCCCCCCCCC. The fourth-order valence-electron chi connectivity index (χ4n) is 9.39. The molecule has 0 aliphatic heterocycles. The van der Waals surface area contributed by atoms with E-state index in [0.717, 1.165) is 96.3 Å². The van der Waals surface area contributed by atoms with E-state index in [9.17, 15) is 14.4 Å². The number of esters is 3. The maximum Gasteiger partial charge on any atom is 0.309 e. The van der Waals surface area contributed by atoms with E-state index in [4.69, 9.17) is 14.2 Å². The van der Waals surface area contributed by atoms with E-state index in [-0.39, 0.29) is 31.6 Å². The summed E-state index contributed by atoms with van der Waals surface area (Å²) in [6, 6.07) is 0. The summed E-state index contributed by atoms with van der Waals surface area (Å²) in [5.41, 5.74) is 0. The second-order valence-electron chi connectivity index (χ2n) is 22.0. The zero-order valence-corrected chi connectivity index (χ0v) is 51.9. The minimum Gasteiger partial charge on any atom is -0.462 e. The zero-order valence-electron chi connectivity index (χ0n) is 51.9. The monoisotopic (exact) mass is 1100 g/mol. The predicted octanol–water partition coefficient (Wildman–Crippen LogP) is 23.0. The van der Waals surface area contributed by atoms with E-state index in [1.54, 1.807) is 6.08 Å². The van der Waals surface area contributed by atoms with Crippen LogP contribution in [0.3, 0.4) is 0 Å². The fourth-order valence-corrected chi connectivity index (χ4v) is 9.39. The first-order valence-corrected chi connectivity index (χ1v) is 33.4. The van der Waals surface area contributed by atoms with Crippen LogP contribution in [0.2, 0.25) is 0 Å². The van der Waals surface area contributed by atoms with Gasteiger partial charge < -0.3 is 14.2 Å². The molecule has 6 heteroatoms. The van der Waals surface area contributed by atoms with E-state index >= 15 is 0 Å². The molecule has 1 unspecified atom stereocenters. The molecule has 0 saturated heterocycles. The van der Waals surface area contributed by atoms with Gasteiger partial charge in [-0.2, -0.15) is 0 Å². The van der Waals surface area contributed by atoms with E-state index in [2.05, 4.69) is 118 Å². The molecule has 452 valence electrons. The van der Waals surface area contributed by atoms with Crippen LogP contribution in [0, 0.1) is 0 Å². The van der Waals surface area contributed by atoms with Gasteiger partial charge in [0, 0.05) is 12.8 Å². The molecule has 0 heterocycles. The largest absolute Gasteiger partial charge is 0.462 e. The first kappa shape index (κ1) is 75.1. The van der Waals surface area contributed by atoms with Crippen LogP contribution in [0.1, 0.15) is 316 Å². The molecule has 0 aliphatic carbocycles. The molecule has 0 N–H and O–H groups in total. The molecule has 0 saturated carbocycles. The van der Waals surface area contributed by atoms with Gasteiger partial charge in [0.1, 0.15) is 13.2 Å². The summed E-state index contributed by atoms with van der Waals surface area (Å²) in [5, 5.41) is 0. The highest BCUT2D eigenvalue weighted by Gasteiger charge is 2.19. The minimum absolute atomic E-state index is 0.105. The van der Waals surface area contributed by atoms with Crippen molar-refractivity contribution >= 4 is 17.9 Å². The molecule has 1 atom stereocenters. The molecule has 79 heavy (non-hydrogen) atoms. The summed E-state index contributed by atoms with van der Waals surface area (Å²) in [4.78, 5) is 38.3. The summed E-state index contributed by atoms with van der Waals surface area (Å²) in [6.45, 7) is 6.36. The molecule has 0 aliphatic rings. The van der Waals surface area contributed by atoms with Crippen molar-refractivity contribution in [2.75, 3.05) is 13.2 Å². The highest BCUT2D eigenvalue weighted by molar-refractivity contribution is 5.72. The van der Waals surface area contributed by atoms with Crippen molar-refractivity contribution in [3.05, 3.63) is 109 Å². The van der Waals surface area contributed by atoms with Gasteiger partial charge in [0.2, 0.25) is 0 Å². The maximum absolute atomic E-state index is 12.9. The second kappa shape index (κ2) is 66.6. The third kappa shape index (κ3) is 64.8. The van der Waals surface area contributed by atoms with Crippen LogP contribution in [0.25, 0.3) is 0 Å². The highest BCUT2D eigenvalue weighted by Crippen LogP contribution is 2.17. The number of carbonyl (C=O) groups is 3. The Hall–Kier alpha value is -3.93. The summed E-state index contributed by atoms with van der Waals surface area (Å²) in [7, 11) is 0. The van der Waals surface area contributed by atoms with Crippen LogP contribution in [0.5, 0.6) is 0 Å². The van der Waals surface area contributed by atoms with E-state index < -0.39 is 12.1 Å². The Bertz CT molecular complexity index is 1590. The number of allylic oxidation sites excluding steroid dienone is 17. The third-order valence-corrected chi connectivity index (χ3v) is 14.3. The van der Waals surface area contributed by atoms with Gasteiger partial charge in [0.05, 0.1) is 6.42 Å². The first-order chi connectivity index (χ1) is 39.0. The van der Waals surface area contributed by atoms with Crippen LogP contribution in [0.15, 0.2) is 109 Å². The van der Waals surface area contributed by atoms with E-state index in [1.165, 1.54) is 180 Å². The molecule has 0 aromatic carbocycles. The summed E-state index contributed by atoms with van der Waals surface area (Å²) < 4.78 is 16.8. The maximum atomic E-state index is 12.9. The third-order valence-electron chi connectivity index (χ3n) is 14.3. The molecule has 0 radical (unpaired) electrons. The first-order valence-electron chi connectivity index (χ1n) is 33.4. The number of unbranched alkanes of at least 4 members (excludes halogenated alkanes) is 32. The van der Waals surface area contributed by atoms with Crippen molar-refractivity contribution in [2.24, 2.45) is 0 Å². The number of hydrogen-bond acceptors (Lipinski definition) is 6. The van der Waals surface area contributed by atoms with Gasteiger partial charge in [0.15, 0.2) is 6.10 Å². The zero-order chi connectivity index (χ0) is 57.1. The lowest BCUT2D eigenvalue weighted by molar-refractivity contribution is -0.166. The lowest BCUT2D eigenvalue weighted by atomic mass is 10.0.